The van der Waals surface area contributed by atoms with Gasteiger partial charge < -0.3 is 5.32 Å². The average Bonchev–Trinajstić information content (AvgIpc) is 3.09. The summed E-state index contributed by atoms with van der Waals surface area (Å²) in [5.74, 6) is -5.29. The Morgan fingerprint density at radius 2 is 1.84 bits per heavy atom. The Labute approximate surface area is 145 Å². The predicted molar refractivity (Wildman–Crippen MR) is 87.7 cm³/mol. The van der Waals surface area contributed by atoms with E-state index < -0.39 is 28.9 Å². The van der Waals surface area contributed by atoms with E-state index in [9.17, 15) is 18.0 Å². The highest BCUT2D eigenvalue weighted by Gasteiger charge is 2.18. The molecule has 0 fully saturated rings. The fourth-order valence-corrected chi connectivity index (χ4v) is 3.01. The van der Waals surface area contributed by atoms with Gasteiger partial charge in [0.2, 0.25) is 0 Å². The molecule has 1 N–H and O–H groups in total. The molecule has 0 saturated carbocycles. The normalized spacial score (nSPS) is 10.7. The molecule has 0 bridgehead atoms. The molecule has 128 valence electrons. The van der Waals surface area contributed by atoms with Crippen LogP contribution in [0.15, 0.2) is 42.0 Å². The van der Waals surface area contributed by atoms with Gasteiger partial charge in [-0.25, -0.2) is 18.2 Å². The van der Waals surface area contributed by atoms with Gasteiger partial charge in [0.15, 0.2) is 17.5 Å². The third kappa shape index (κ3) is 3.85. The van der Waals surface area contributed by atoms with Crippen molar-refractivity contribution in [1.82, 2.24) is 15.3 Å². The second-order valence-electron chi connectivity index (χ2n) is 5.11. The first-order valence-electron chi connectivity index (χ1n) is 7.32. The largest absolute Gasteiger partial charge is 0.352 e. The van der Waals surface area contributed by atoms with Crippen molar-refractivity contribution in [3.63, 3.8) is 0 Å². The number of nitrogens with one attached hydrogen (secondary N) is 1. The molecule has 2 aromatic heterocycles. The Morgan fingerprint density at radius 3 is 2.60 bits per heavy atom. The van der Waals surface area contributed by atoms with Gasteiger partial charge in [-0.1, -0.05) is 0 Å². The van der Waals surface area contributed by atoms with E-state index in [1.54, 1.807) is 12.4 Å². The molecule has 0 radical (unpaired) electrons. The number of amides is 1. The summed E-state index contributed by atoms with van der Waals surface area (Å²) in [5.41, 5.74) is 1.18. The minimum atomic E-state index is -1.66. The van der Waals surface area contributed by atoms with Gasteiger partial charge >= 0.3 is 0 Å². The lowest BCUT2D eigenvalue weighted by atomic mass is 10.2. The van der Waals surface area contributed by atoms with Gasteiger partial charge in [0.25, 0.3) is 5.91 Å². The molecule has 0 aliphatic rings. The van der Waals surface area contributed by atoms with E-state index in [-0.39, 0.29) is 6.54 Å². The van der Waals surface area contributed by atoms with E-state index in [1.807, 2.05) is 17.5 Å². The number of hydrogen-bond acceptors (Lipinski definition) is 4. The van der Waals surface area contributed by atoms with E-state index in [1.165, 1.54) is 11.3 Å². The summed E-state index contributed by atoms with van der Waals surface area (Å²) in [7, 11) is 0. The third-order valence-corrected chi connectivity index (χ3v) is 4.37. The number of carbonyl (C=O) groups is 1. The van der Waals surface area contributed by atoms with Crippen molar-refractivity contribution in [3.8, 4) is 10.6 Å². The first-order valence-corrected chi connectivity index (χ1v) is 8.20. The topological polar surface area (TPSA) is 54.9 Å². The standard InChI is InChI=1S/C17H12F3N3OS/c18-13-2-1-12(14(19)15(13)20)16(24)22-8-5-11-9-25-17(23-11)10-3-6-21-7-4-10/h1-4,6-7,9H,5,8H2,(H,22,24). The highest BCUT2D eigenvalue weighted by Crippen LogP contribution is 2.23. The summed E-state index contributed by atoms with van der Waals surface area (Å²) < 4.78 is 39.6. The summed E-state index contributed by atoms with van der Waals surface area (Å²) in [6.07, 6.45) is 3.78. The molecule has 0 atom stereocenters. The minimum absolute atomic E-state index is 0.191. The fourth-order valence-electron chi connectivity index (χ4n) is 2.15. The summed E-state index contributed by atoms with van der Waals surface area (Å²) in [4.78, 5) is 20.3. The minimum Gasteiger partial charge on any atom is -0.352 e. The van der Waals surface area contributed by atoms with Crippen molar-refractivity contribution < 1.29 is 18.0 Å². The highest BCUT2D eigenvalue weighted by molar-refractivity contribution is 7.13. The molecule has 0 saturated heterocycles. The van der Waals surface area contributed by atoms with Crippen LogP contribution in [0.3, 0.4) is 0 Å². The Morgan fingerprint density at radius 1 is 1.08 bits per heavy atom. The molecule has 1 aromatic carbocycles. The van der Waals surface area contributed by atoms with Crippen molar-refractivity contribution in [2.45, 2.75) is 6.42 Å². The monoisotopic (exact) mass is 363 g/mol. The van der Waals surface area contributed by atoms with Crippen LogP contribution in [0.2, 0.25) is 0 Å². The molecular weight excluding hydrogens is 351 g/mol. The number of benzene rings is 1. The molecule has 8 heteroatoms. The molecule has 0 aliphatic heterocycles. The van der Waals surface area contributed by atoms with Gasteiger partial charge in [0, 0.05) is 36.3 Å². The molecule has 25 heavy (non-hydrogen) atoms. The zero-order valence-corrected chi connectivity index (χ0v) is 13.6. The summed E-state index contributed by atoms with van der Waals surface area (Å²) >= 11 is 1.46. The molecular formula is C17H12F3N3OS. The van der Waals surface area contributed by atoms with Crippen LogP contribution in [-0.4, -0.2) is 22.4 Å². The van der Waals surface area contributed by atoms with E-state index in [4.69, 9.17) is 0 Å². The van der Waals surface area contributed by atoms with Gasteiger partial charge in [-0.2, -0.15) is 0 Å². The summed E-state index contributed by atoms with van der Waals surface area (Å²) in [5, 5.41) is 5.16. The maximum atomic E-state index is 13.6. The number of carbonyl (C=O) groups excluding carboxylic acids is 1. The van der Waals surface area contributed by atoms with E-state index in [2.05, 4.69) is 15.3 Å². The van der Waals surface area contributed by atoms with Crippen LogP contribution in [0.4, 0.5) is 13.2 Å². The number of aromatic nitrogens is 2. The molecule has 0 spiro atoms. The number of pyridine rings is 1. The van der Waals surface area contributed by atoms with E-state index in [0.29, 0.717) is 6.42 Å². The zero-order valence-electron chi connectivity index (χ0n) is 12.8. The number of hydrogen-bond donors (Lipinski definition) is 1. The Kier molecular flexibility index (Phi) is 5.08. The average molecular weight is 363 g/mol. The summed E-state index contributed by atoms with van der Waals surface area (Å²) in [6, 6.07) is 5.31. The second-order valence-corrected chi connectivity index (χ2v) is 5.97. The van der Waals surface area contributed by atoms with E-state index in [0.717, 1.165) is 28.4 Å². The SMILES string of the molecule is O=C(NCCc1csc(-c2ccncc2)n1)c1ccc(F)c(F)c1F. The van der Waals surface area contributed by atoms with Crippen LogP contribution in [0, 0.1) is 17.5 Å². The van der Waals surface area contributed by atoms with Gasteiger partial charge in [-0.15, -0.1) is 11.3 Å². The van der Waals surface area contributed by atoms with Gasteiger partial charge in [0.1, 0.15) is 5.01 Å². The zero-order chi connectivity index (χ0) is 17.8. The van der Waals surface area contributed by atoms with Gasteiger partial charge in [-0.3, -0.25) is 9.78 Å². The molecule has 0 unspecified atom stereocenters. The molecule has 3 rings (SSSR count). The quantitative estimate of drug-likeness (QED) is 0.705. The van der Waals surface area contributed by atoms with Crippen molar-refractivity contribution in [3.05, 3.63) is 70.7 Å². The molecule has 0 aliphatic carbocycles. The van der Waals surface area contributed by atoms with E-state index >= 15 is 0 Å². The van der Waals surface area contributed by atoms with Crippen molar-refractivity contribution in [2.24, 2.45) is 0 Å². The summed E-state index contributed by atoms with van der Waals surface area (Å²) in [6.45, 7) is 0.191. The first kappa shape index (κ1) is 17.1. The Bertz CT molecular complexity index is 899. The second kappa shape index (κ2) is 7.43. The molecule has 3 aromatic rings. The maximum absolute atomic E-state index is 13.6. The van der Waals surface area contributed by atoms with Crippen LogP contribution >= 0.6 is 11.3 Å². The van der Waals surface area contributed by atoms with Gasteiger partial charge in [-0.05, 0) is 24.3 Å². The number of rotatable bonds is 5. The maximum Gasteiger partial charge on any atom is 0.254 e. The lowest BCUT2D eigenvalue weighted by Crippen LogP contribution is -2.27. The molecule has 4 nitrogen and oxygen atoms in total. The van der Waals surface area contributed by atoms with Crippen LogP contribution in [0.5, 0.6) is 0 Å². The lowest BCUT2D eigenvalue weighted by Gasteiger charge is -2.06. The molecule has 1 amide bonds. The Hall–Kier alpha value is -2.74. The predicted octanol–water partition coefficient (Wildman–Crippen LogP) is 3.59. The molecule has 2 heterocycles. The number of thiazole rings is 1. The van der Waals surface area contributed by atoms with Gasteiger partial charge in [0.05, 0.1) is 11.3 Å². The smallest absolute Gasteiger partial charge is 0.254 e. The fraction of sp³-hybridized carbons (Fsp3) is 0.118. The van der Waals surface area contributed by atoms with Crippen LogP contribution in [0.1, 0.15) is 16.1 Å². The van der Waals surface area contributed by atoms with Crippen molar-refractivity contribution in [1.29, 1.82) is 0 Å². The first-order chi connectivity index (χ1) is 12.1. The van der Waals surface area contributed by atoms with Crippen molar-refractivity contribution >= 4 is 17.2 Å². The number of nitrogens with zero attached hydrogens (tertiary/aromatic N) is 2. The number of halogens is 3. The van der Waals surface area contributed by atoms with Crippen molar-refractivity contribution in [2.75, 3.05) is 6.54 Å². The Balaban J connectivity index is 1.59. The lowest BCUT2D eigenvalue weighted by molar-refractivity contribution is 0.0948. The van der Waals surface area contributed by atoms with Crippen LogP contribution in [0.25, 0.3) is 10.6 Å². The third-order valence-electron chi connectivity index (χ3n) is 3.43. The van der Waals surface area contributed by atoms with Crippen LogP contribution in [-0.2, 0) is 6.42 Å². The highest BCUT2D eigenvalue weighted by atomic mass is 32.1. The van der Waals surface area contributed by atoms with Crippen LogP contribution < -0.4 is 5.32 Å².